The van der Waals surface area contributed by atoms with Gasteiger partial charge in [0.1, 0.15) is 17.3 Å². The van der Waals surface area contributed by atoms with Crippen LogP contribution in [0.1, 0.15) is 21.9 Å². The van der Waals surface area contributed by atoms with E-state index >= 15 is 0 Å². The first kappa shape index (κ1) is 18.3. The smallest absolute Gasteiger partial charge is 0.274 e. The molecule has 3 rings (SSSR count). The SMILES string of the molecule is Cc1cccc(NC(=O)c2cc(NCCN3CCOCC3)nc(C)n2)c1. The van der Waals surface area contributed by atoms with Crippen LogP contribution in [0.15, 0.2) is 30.3 Å². The third kappa shape index (κ3) is 5.24. The van der Waals surface area contributed by atoms with E-state index in [2.05, 4.69) is 25.5 Å². The van der Waals surface area contributed by atoms with Gasteiger partial charge in [-0.15, -0.1) is 0 Å². The Labute approximate surface area is 153 Å². The van der Waals surface area contributed by atoms with Gasteiger partial charge in [0.2, 0.25) is 0 Å². The molecule has 138 valence electrons. The number of amides is 1. The number of aryl methyl sites for hydroxylation is 2. The largest absolute Gasteiger partial charge is 0.379 e. The monoisotopic (exact) mass is 355 g/mol. The lowest BCUT2D eigenvalue weighted by Gasteiger charge is -2.26. The lowest BCUT2D eigenvalue weighted by Crippen LogP contribution is -2.39. The van der Waals surface area contributed by atoms with Crippen molar-refractivity contribution in [1.82, 2.24) is 14.9 Å². The molecule has 1 saturated heterocycles. The highest BCUT2D eigenvalue weighted by Crippen LogP contribution is 2.13. The number of nitrogens with zero attached hydrogens (tertiary/aromatic N) is 3. The highest BCUT2D eigenvalue weighted by Gasteiger charge is 2.12. The molecule has 1 aliphatic rings. The second-order valence-corrected chi connectivity index (χ2v) is 6.39. The highest BCUT2D eigenvalue weighted by molar-refractivity contribution is 6.03. The van der Waals surface area contributed by atoms with Crippen molar-refractivity contribution in [1.29, 1.82) is 0 Å². The predicted molar refractivity (Wildman–Crippen MR) is 102 cm³/mol. The number of nitrogens with one attached hydrogen (secondary N) is 2. The maximum Gasteiger partial charge on any atom is 0.274 e. The van der Waals surface area contributed by atoms with Gasteiger partial charge < -0.3 is 15.4 Å². The number of rotatable bonds is 6. The van der Waals surface area contributed by atoms with Crippen LogP contribution < -0.4 is 10.6 Å². The van der Waals surface area contributed by atoms with Gasteiger partial charge in [0, 0.05) is 37.9 Å². The molecule has 0 spiro atoms. The van der Waals surface area contributed by atoms with Gasteiger partial charge in [-0.3, -0.25) is 9.69 Å². The summed E-state index contributed by atoms with van der Waals surface area (Å²) in [6.45, 7) is 8.93. The average molecular weight is 355 g/mol. The van der Waals surface area contributed by atoms with Crippen LogP contribution >= 0.6 is 0 Å². The zero-order chi connectivity index (χ0) is 18.4. The maximum absolute atomic E-state index is 12.5. The van der Waals surface area contributed by atoms with Gasteiger partial charge in [-0.1, -0.05) is 12.1 Å². The molecule has 0 unspecified atom stereocenters. The van der Waals surface area contributed by atoms with Gasteiger partial charge in [0.15, 0.2) is 0 Å². The quantitative estimate of drug-likeness (QED) is 0.826. The van der Waals surface area contributed by atoms with Crippen LogP contribution in [0.5, 0.6) is 0 Å². The van der Waals surface area contributed by atoms with Crippen LogP contribution in [-0.2, 0) is 4.74 Å². The first-order chi connectivity index (χ1) is 12.6. The Balaban J connectivity index is 1.60. The molecule has 0 bridgehead atoms. The number of hydrogen-bond acceptors (Lipinski definition) is 6. The number of aromatic nitrogens is 2. The van der Waals surface area contributed by atoms with Gasteiger partial charge in [0.05, 0.1) is 13.2 Å². The second kappa shape index (κ2) is 8.73. The molecule has 2 N–H and O–H groups in total. The molecule has 2 aromatic rings. The fourth-order valence-electron chi connectivity index (χ4n) is 2.86. The normalized spacial score (nSPS) is 14.8. The number of hydrogen-bond donors (Lipinski definition) is 2. The number of anilines is 2. The van der Waals surface area contributed by atoms with Crippen molar-refractivity contribution in [2.24, 2.45) is 0 Å². The standard InChI is InChI=1S/C19H25N5O2/c1-14-4-3-5-16(12-14)23-19(25)17-13-18(22-15(2)21-17)20-6-7-24-8-10-26-11-9-24/h3-5,12-13H,6-11H2,1-2H3,(H,23,25)(H,20,21,22). The van der Waals surface area contributed by atoms with E-state index in [1.807, 2.05) is 31.2 Å². The molecule has 2 heterocycles. The van der Waals surface area contributed by atoms with Crippen molar-refractivity contribution in [2.75, 3.05) is 50.0 Å². The van der Waals surface area contributed by atoms with Gasteiger partial charge >= 0.3 is 0 Å². The van der Waals surface area contributed by atoms with Crippen molar-refractivity contribution in [2.45, 2.75) is 13.8 Å². The van der Waals surface area contributed by atoms with E-state index in [0.717, 1.165) is 50.6 Å². The molecule has 7 nitrogen and oxygen atoms in total. The minimum atomic E-state index is -0.239. The Bertz CT molecular complexity index is 759. The molecule has 1 aliphatic heterocycles. The number of ether oxygens (including phenoxy) is 1. The minimum absolute atomic E-state index is 0.239. The summed E-state index contributed by atoms with van der Waals surface area (Å²) >= 11 is 0. The second-order valence-electron chi connectivity index (χ2n) is 6.39. The Morgan fingerprint density at radius 3 is 2.77 bits per heavy atom. The fourth-order valence-corrected chi connectivity index (χ4v) is 2.86. The van der Waals surface area contributed by atoms with Crippen LogP contribution in [0.25, 0.3) is 0 Å². The summed E-state index contributed by atoms with van der Waals surface area (Å²) < 4.78 is 5.35. The molecule has 0 saturated carbocycles. The van der Waals surface area contributed by atoms with Crippen molar-refractivity contribution in [3.05, 3.63) is 47.4 Å². The summed E-state index contributed by atoms with van der Waals surface area (Å²) in [6, 6.07) is 9.38. The van der Waals surface area contributed by atoms with E-state index in [0.29, 0.717) is 17.3 Å². The lowest BCUT2D eigenvalue weighted by molar-refractivity contribution is 0.0398. The summed E-state index contributed by atoms with van der Waals surface area (Å²) in [5, 5.41) is 6.17. The summed E-state index contributed by atoms with van der Waals surface area (Å²) in [4.78, 5) is 23.5. The summed E-state index contributed by atoms with van der Waals surface area (Å²) in [6.07, 6.45) is 0. The molecule has 1 aromatic heterocycles. The predicted octanol–water partition coefficient (Wildman–Crippen LogP) is 2.09. The van der Waals surface area contributed by atoms with E-state index in [9.17, 15) is 4.79 Å². The molecule has 7 heteroatoms. The molecule has 1 aromatic carbocycles. The number of morpholine rings is 1. The van der Waals surface area contributed by atoms with Gasteiger partial charge in [-0.2, -0.15) is 0 Å². The molecular weight excluding hydrogens is 330 g/mol. The molecular formula is C19H25N5O2. The molecule has 0 aliphatic carbocycles. The van der Waals surface area contributed by atoms with Gasteiger partial charge in [-0.25, -0.2) is 9.97 Å². The third-order valence-electron chi connectivity index (χ3n) is 4.18. The summed E-state index contributed by atoms with van der Waals surface area (Å²) in [7, 11) is 0. The van der Waals surface area contributed by atoms with E-state index < -0.39 is 0 Å². The van der Waals surface area contributed by atoms with Crippen LogP contribution in [0.2, 0.25) is 0 Å². The summed E-state index contributed by atoms with van der Waals surface area (Å²) in [5.74, 6) is 0.994. The first-order valence-electron chi connectivity index (χ1n) is 8.88. The van der Waals surface area contributed by atoms with E-state index in [1.54, 1.807) is 13.0 Å². The van der Waals surface area contributed by atoms with Crippen LogP contribution in [-0.4, -0.2) is 60.2 Å². The Hall–Kier alpha value is -2.51. The van der Waals surface area contributed by atoms with Crippen molar-refractivity contribution in [3.8, 4) is 0 Å². The van der Waals surface area contributed by atoms with Crippen LogP contribution in [0.3, 0.4) is 0 Å². The fraction of sp³-hybridized carbons (Fsp3) is 0.421. The summed E-state index contributed by atoms with van der Waals surface area (Å²) in [5.41, 5.74) is 2.20. The molecule has 1 amide bonds. The molecule has 26 heavy (non-hydrogen) atoms. The maximum atomic E-state index is 12.5. The number of benzene rings is 1. The Morgan fingerprint density at radius 2 is 2.00 bits per heavy atom. The topological polar surface area (TPSA) is 79.4 Å². The third-order valence-corrected chi connectivity index (χ3v) is 4.18. The van der Waals surface area contributed by atoms with Gasteiger partial charge in [0.25, 0.3) is 5.91 Å². The van der Waals surface area contributed by atoms with E-state index in [-0.39, 0.29) is 5.91 Å². The Kier molecular flexibility index (Phi) is 6.14. The zero-order valence-corrected chi connectivity index (χ0v) is 15.3. The van der Waals surface area contributed by atoms with Crippen LogP contribution in [0.4, 0.5) is 11.5 Å². The Morgan fingerprint density at radius 1 is 1.19 bits per heavy atom. The molecule has 0 atom stereocenters. The number of carbonyl (C=O) groups excluding carboxylic acids is 1. The van der Waals surface area contributed by atoms with E-state index in [1.165, 1.54) is 0 Å². The van der Waals surface area contributed by atoms with Crippen LogP contribution in [0, 0.1) is 13.8 Å². The van der Waals surface area contributed by atoms with Crippen molar-refractivity contribution >= 4 is 17.4 Å². The molecule has 0 radical (unpaired) electrons. The number of carbonyl (C=O) groups is 1. The van der Waals surface area contributed by atoms with Crippen molar-refractivity contribution < 1.29 is 9.53 Å². The van der Waals surface area contributed by atoms with E-state index in [4.69, 9.17) is 4.74 Å². The minimum Gasteiger partial charge on any atom is -0.379 e. The van der Waals surface area contributed by atoms with Crippen molar-refractivity contribution in [3.63, 3.8) is 0 Å². The highest BCUT2D eigenvalue weighted by atomic mass is 16.5. The first-order valence-corrected chi connectivity index (χ1v) is 8.88. The lowest BCUT2D eigenvalue weighted by atomic mass is 10.2. The zero-order valence-electron chi connectivity index (χ0n) is 15.3. The average Bonchev–Trinajstić information content (AvgIpc) is 2.62. The molecule has 1 fully saturated rings. The van der Waals surface area contributed by atoms with Gasteiger partial charge in [-0.05, 0) is 31.5 Å².